The molecule has 102 valence electrons. The minimum absolute atomic E-state index is 0.157. The summed E-state index contributed by atoms with van der Waals surface area (Å²) in [6.07, 6.45) is 5.03. The predicted octanol–water partition coefficient (Wildman–Crippen LogP) is 1.72. The van der Waals surface area contributed by atoms with Gasteiger partial charge in [-0.1, -0.05) is 12.1 Å². The van der Waals surface area contributed by atoms with Crippen LogP contribution in [0.5, 0.6) is 0 Å². The van der Waals surface area contributed by atoms with E-state index in [1.807, 2.05) is 0 Å². The van der Waals surface area contributed by atoms with Gasteiger partial charge in [0.15, 0.2) is 0 Å². The van der Waals surface area contributed by atoms with E-state index in [0.29, 0.717) is 12.6 Å². The standard InChI is InChI=1S/C15H21N3O/c1-18(9-12-10-19-15(16)17-12)14-8-4-6-11-5-2-3-7-13(11)14/h4,6,8,12H,2-3,5,7,9-10H2,1H3,(H2,16,17)/t12-/m0/s1. The van der Waals surface area contributed by atoms with Gasteiger partial charge < -0.3 is 15.4 Å². The number of likely N-dealkylation sites (N-methyl/N-ethyl adjacent to an activating group) is 1. The molecule has 0 saturated heterocycles. The molecule has 0 amide bonds. The number of anilines is 1. The van der Waals surface area contributed by atoms with E-state index in [1.165, 1.54) is 42.5 Å². The van der Waals surface area contributed by atoms with Crippen molar-refractivity contribution in [1.82, 2.24) is 0 Å². The van der Waals surface area contributed by atoms with E-state index in [-0.39, 0.29) is 6.04 Å². The smallest absolute Gasteiger partial charge is 0.282 e. The maximum absolute atomic E-state index is 5.56. The van der Waals surface area contributed by atoms with Crippen molar-refractivity contribution in [2.24, 2.45) is 10.7 Å². The van der Waals surface area contributed by atoms with E-state index in [2.05, 4.69) is 35.1 Å². The molecular formula is C15H21N3O. The van der Waals surface area contributed by atoms with E-state index >= 15 is 0 Å². The number of ether oxygens (including phenoxy) is 1. The molecular weight excluding hydrogens is 238 g/mol. The Bertz CT molecular complexity index is 498. The number of hydrogen-bond donors (Lipinski definition) is 1. The Morgan fingerprint density at radius 2 is 2.21 bits per heavy atom. The lowest BCUT2D eigenvalue weighted by atomic mass is 9.90. The van der Waals surface area contributed by atoms with Gasteiger partial charge >= 0.3 is 0 Å². The van der Waals surface area contributed by atoms with Crippen molar-refractivity contribution in [1.29, 1.82) is 0 Å². The highest BCUT2D eigenvalue weighted by atomic mass is 16.5. The molecule has 0 fully saturated rings. The molecule has 2 N–H and O–H groups in total. The van der Waals surface area contributed by atoms with Crippen molar-refractivity contribution >= 4 is 11.7 Å². The molecule has 0 spiro atoms. The van der Waals surface area contributed by atoms with Crippen LogP contribution in [-0.2, 0) is 17.6 Å². The number of amidine groups is 1. The third-order valence-corrected chi connectivity index (χ3v) is 4.00. The highest BCUT2D eigenvalue weighted by Gasteiger charge is 2.21. The summed E-state index contributed by atoms with van der Waals surface area (Å²) in [6, 6.07) is 7.13. The summed E-state index contributed by atoms with van der Waals surface area (Å²) in [5.41, 5.74) is 9.94. The van der Waals surface area contributed by atoms with Gasteiger partial charge in [-0.3, -0.25) is 0 Å². The Hall–Kier alpha value is -1.71. The molecule has 0 saturated carbocycles. The molecule has 0 radical (unpaired) electrons. The van der Waals surface area contributed by atoms with Crippen molar-refractivity contribution in [2.45, 2.75) is 31.7 Å². The SMILES string of the molecule is CN(C[C@H]1COC(N)=N1)c1cccc2c1CCCC2. The summed E-state index contributed by atoms with van der Waals surface area (Å²) in [6.45, 7) is 1.46. The van der Waals surface area contributed by atoms with Crippen LogP contribution in [0.1, 0.15) is 24.0 Å². The largest absolute Gasteiger partial charge is 0.463 e. The summed E-state index contributed by atoms with van der Waals surface area (Å²) >= 11 is 0. The average molecular weight is 259 g/mol. The van der Waals surface area contributed by atoms with Crippen LogP contribution >= 0.6 is 0 Å². The molecule has 1 aromatic rings. The summed E-state index contributed by atoms with van der Waals surface area (Å²) in [7, 11) is 2.13. The number of rotatable bonds is 3. The van der Waals surface area contributed by atoms with Crippen LogP contribution in [0.15, 0.2) is 23.2 Å². The van der Waals surface area contributed by atoms with Crippen LogP contribution in [0, 0.1) is 0 Å². The van der Waals surface area contributed by atoms with Gasteiger partial charge in [0.2, 0.25) is 0 Å². The summed E-state index contributed by atoms with van der Waals surface area (Å²) in [4.78, 5) is 6.59. The lowest BCUT2D eigenvalue weighted by Gasteiger charge is -2.27. The molecule has 1 heterocycles. The van der Waals surface area contributed by atoms with Gasteiger partial charge in [-0.2, -0.15) is 0 Å². The van der Waals surface area contributed by atoms with Crippen LogP contribution in [0.4, 0.5) is 5.69 Å². The van der Waals surface area contributed by atoms with Crippen molar-refractivity contribution in [3.63, 3.8) is 0 Å². The van der Waals surface area contributed by atoms with Crippen LogP contribution in [0.2, 0.25) is 0 Å². The van der Waals surface area contributed by atoms with Gasteiger partial charge in [0.05, 0.1) is 0 Å². The first kappa shape index (κ1) is 12.3. The summed E-state index contributed by atoms with van der Waals surface area (Å²) in [5.74, 6) is 0. The molecule has 0 aromatic heterocycles. The number of aryl methyl sites for hydroxylation is 1. The number of aliphatic imine (C=N–C) groups is 1. The van der Waals surface area contributed by atoms with E-state index in [0.717, 1.165) is 6.54 Å². The molecule has 1 aliphatic carbocycles. The van der Waals surface area contributed by atoms with Crippen molar-refractivity contribution in [2.75, 3.05) is 25.1 Å². The van der Waals surface area contributed by atoms with Gasteiger partial charge in [0.1, 0.15) is 12.6 Å². The zero-order chi connectivity index (χ0) is 13.2. The monoisotopic (exact) mass is 259 g/mol. The fraction of sp³-hybridized carbons (Fsp3) is 0.533. The Kier molecular flexibility index (Phi) is 3.32. The Balaban J connectivity index is 1.78. The molecule has 1 atom stereocenters. The minimum atomic E-state index is 0.157. The number of nitrogens with two attached hydrogens (primary N) is 1. The Morgan fingerprint density at radius 1 is 1.37 bits per heavy atom. The van der Waals surface area contributed by atoms with E-state index in [1.54, 1.807) is 0 Å². The maximum Gasteiger partial charge on any atom is 0.282 e. The fourth-order valence-electron chi connectivity index (χ4n) is 3.06. The highest BCUT2D eigenvalue weighted by Crippen LogP contribution is 2.30. The first-order valence-electron chi connectivity index (χ1n) is 7.02. The van der Waals surface area contributed by atoms with Crippen LogP contribution in [0.25, 0.3) is 0 Å². The van der Waals surface area contributed by atoms with Gasteiger partial charge in [0.25, 0.3) is 6.02 Å². The molecule has 1 aliphatic heterocycles. The lowest BCUT2D eigenvalue weighted by Crippen LogP contribution is -2.30. The Morgan fingerprint density at radius 3 is 3.00 bits per heavy atom. The third kappa shape index (κ3) is 2.53. The third-order valence-electron chi connectivity index (χ3n) is 4.00. The van der Waals surface area contributed by atoms with Gasteiger partial charge in [0, 0.05) is 19.3 Å². The molecule has 3 rings (SSSR count). The van der Waals surface area contributed by atoms with Crippen molar-refractivity contribution in [3.05, 3.63) is 29.3 Å². The zero-order valence-electron chi connectivity index (χ0n) is 11.4. The highest BCUT2D eigenvalue weighted by molar-refractivity contribution is 5.73. The van der Waals surface area contributed by atoms with Gasteiger partial charge in [-0.15, -0.1) is 0 Å². The molecule has 4 nitrogen and oxygen atoms in total. The van der Waals surface area contributed by atoms with Gasteiger partial charge in [-0.25, -0.2) is 4.99 Å². The zero-order valence-corrected chi connectivity index (χ0v) is 11.4. The van der Waals surface area contributed by atoms with E-state index in [4.69, 9.17) is 10.5 Å². The predicted molar refractivity (Wildman–Crippen MR) is 77.7 cm³/mol. The molecule has 19 heavy (non-hydrogen) atoms. The van der Waals surface area contributed by atoms with E-state index < -0.39 is 0 Å². The normalized spacial score (nSPS) is 21.5. The van der Waals surface area contributed by atoms with Crippen molar-refractivity contribution in [3.8, 4) is 0 Å². The van der Waals surface area contributed by atoms with Crippen LogP contribution in [0.3, 0.4) is 0 Å². The van der Waals surface area contributed by atoms with E-state index in [9.17, 15) is 0 Å². The lowest BCUT2D eigenvalue weighted by molar-refractivity contribution is 0.314. The van der Waals surface area contributed by atoms with Crippen molar-refractivity contribution < 1.29 is 4.74 Å². The van der Waals surface area contributed by atoms with Gasteiger partial charge in [-0.05, 0) is 42.9 Å². The molecule has 0 unspecified atom stereocenters. The second-order valence-corrected chi connectivity index (χ2v) is 5.43. The van der Waals surface area contributed by atoms with Crippen LogP contribution in [-0.4, -0.2) is 32.3 Å². The molecule has 1 aromatic carbocycles. The number of benzene rings is 1. The second-order valence-electron chi connectivity index (χ2n) is 5.43. The number of hydrogen-bond acceptors (Lipinski definition) is 4. The maximum atomic E-state index is 5.56. The first-order chi connectivity index (χ1) is 9.24. The van der Waals surface area contributed by atoms with Crippen LogP contribution < -0.4 is 10.6 Å². The number of fused-ring (bicyclic) bond motifs is 1. The molecule has 4 heteroatoms. The molecule has 0 bridgehead atoms. The second kappa shape index (κ2) is 5.11. The topological polar surface area (TPSA) is 50.9 Å². The quantitative estimate of drug-likeness (QED) is 0.899. The number of nitrogens with zero attached hydrogens (tertiary/aromatic N) is 2. The minimum Gasteiger partial charge on any atom is -0.463 e. The Labute approximate surface area is 114 Å². The fourth-order valence-corrected chi connectivity index (χ4v) is 3.06. The average Bonchev–Trinajstić information content (AvgIpc) is 2.83. The first-order valence-corrected chi connectivity index (χ1v) is 7.02. The summed E-state index contributed by atoms with van der Waals surface area (Å²) in [5, 5.41) is 0. The summed E-state index contributed by atoms with van der Waals surface area (Å²) < 4.78 is 5.22. The molecule has 2 aliphatic rings.